The van der Waals surface area contributed by atoms with E-state index in [9.17, 15) is 18.0 Å². The molecule has 8 nitrogen and oxygen atoms in total. The molecule has 2 amide bonds. The second kappa shape index (κ2) is 9.69. The number of likely N-dealkylation sites (N-methyl/N-ethyl adjacent to an activating group) is 1. The number of hydrogen-bond donors (Lipinski definition) is 2. The zero-order chi connectivity index (χ0) is 21.8. The SMILES string of the molecule is CCNC(=O)CNC(=O)CN1CCN(S(=O)(=O)c2c(C)c(C)cc(C)c2C)CC1. The van der Waals surface area contributed by atoms with E-state index in [2.05, 4.69) is 10.6 Å². The van der Waals surface area contributed by atoms with E-state index < -0.39 is 10.0 Å². The summed E-state index contributed by atoms with van der Waals surface area (Å²) in [7, 11) is -3.59. The number of aryl methyl sites for hydroxylation is 2. The number of rotatable bonds is 7. The smallest absolute Gasteiger partial charge is 0.243 e. The second-order valence-electron chi connectivity index (χ2n) is 7.50. The standard InChI is InChI=1S/C20H32N4O4S/c1-6-21-18(25)12-22-19(26)13-23-7-9-24(10-8-23)29(27,28)20-16(4)14(2)11-15(3)17(20)5/h11H,6-10,12-13H2,1-5H3,(H,21,25)(H,22,26). The highest BCUT2D eigenvalue weighted by atomic mass is 32.2. The fourth-order valence-corrected chi connectivity index (χ4v) is 5.52. The third kappa shape index (κ3) is 5.55. The molecule has 0 saturated carbocycles. The van der Waals surface area contributed by atoms with Crippen molar-refractivity contribution in [1.29, 1.82) is 0 Å². The molecule has 1 aromatic carbocycles. The molecule has 0 aliphatic carbocycles. The number of amides is 2. The Morgan fingerprint density at radius 3 is 2.00 bits per heavy atom. The maximum absolute atomic E-state index is 13.3. The molecule has 29 heavy (non-hydrogen) atoms. The molecule has 0 radical (unpaired) electrons. The summed E-state index contributed by atoms with van der Waals surface area (Å²) in [4.78, 5) is 25.7. The van der Waals surface area contributed by atoms with Crippen molar-refractivity contribution in [3.05, 3.63) is 28.3 Å². The number of sulfonamides is 1. The lowest BCUT2D eigenvalue weighted by molar-refractivity contribution is -0.126. The summed E-state index contributed by atoms with van der Waals surface area (Å²) in [6, 6.07) is 2.01. The van der Waals surface area contributed by atoms with Gasteiger partial charge >= 0.3 is 0 Å². The van der Waals surface area contributed by atoms with E-state index in [1.807, 2.05) is 45.6 Å². The Morgan fingerprint density at radius 2 is 1.48 bits per heavy atom. The van der Waals surface area contributed by atoms with Crippen LogP contribution in [0.25, 0.3) is 0 Å². The maximum atomic E-state index is 13.3. The molecule has 0 bridgehead atoms. The first kappa shape index (κ1) is 23.3. The average Bonchev–Trinajstić information content (AvgIpc) is 2.65. The van der Waals surface area contributed by atoms with Crippen LogP contribution < -0.4 is 10.6 Å². The minimum atomic E-state index is -3.59. The molecule has 162 valence electrons. The first-order chi connectivity index (χ1) is 13.6. The predicted octanol–water partition coefficient (Wildman–Crippen LogP) is 0.479. The monoisotopic (exact) mass is 424 g/mol. The average molecular weight is 425 g/mol. The summed E-state index contributed by atoms with van der Waals surface area (Å²) in [6.07, 6.45) is 0. The van der Waals surface area contributed by atoms with Crippen molar-refractivity contribution < 1.29 is 18.0 Å². The maximum Gasteiger partial charge on any atom is 0.243 e. The number of hydrogen-bond acceptors (Lipinski definition) is 5. The van der Waals surface area contributed by atoms with E-state index in [-0.39, 0.29) is 24.9 Å². The zero-order valence-corrected chi connectivity index (χ0v) is 18.8. The van der Waals surface area contributed by atoms with Gasteiger partial charge < -0.3 is 10.6 Å². The van der Waals surface area contributed by atoms with Crippen LogP contribution in [0.15, 0.2) is 11.0 Å². The molecular weight excluding hydrogens is 392 g/mol. The van der Waals surface area contributed by atoms with Crippen molar-refractivity contribution in [1.82, 2.24) is 19.8 Å². The van der Waals surface area contributed by atoms with Crippen molar-refractivity contribution in [2.75, 3.05) is 45.8 Å². The first-order valence-corrected chi connectivity index (χ1v) is 11.3. The van der Waals surface area contributed by atoms with E-state index in [1.165, 1.54) is 4.31 Å². The van der Waals surface area contributed by atoms with E-state index in [1.54, 1.807) is 0 Å². The van der Waals surface area contributed by atoms with Gasteiger partial charge in [-0.15, -0.1) is 0 Å². The Labute approximate surface area is 173 Å². The van der Waals surface area contributed by atoms with Crippen LogP contribution in [-0.2, 0) is 19.6 Å². The normalized spacial score (nSPS) is 15.9. The number of benzene rings is 1. The Balaban J connectivity index is 1.99. The minimum absolute atomic E-state index is 0.0493. The first-order valence-electron chi connectivity index (χ1n) is 9.91. The number of piperazine rings is 1. The van der Waals surface area contributed by atoms with Gasteiger partial charge in [0.05, 0.1) is 18.0 Å². The van der Waals surface area contributed by atoms with Crippen LogP contribution in [0.2, 0.25) is 0 Å². The Kier molecular flexibility index (Phi) is 7.79. The quantitative estimate of drug-likeness (QED) is 0.663. The van der Waals surface area contributed by atoms with Crippen molar-refractivity contribution in [2.24, 2.45) is 0 Å². The number of nitrogens with one attached hydrogen (secondary N) is 2. The van der Waals surface area contributed by atoms with Gasteiger partial charge in [-0.3, -0.25) is 14.5 Å². The molecule has 0 spiro atoms. The van der Waals surface area contributed by atoms with Crippen molar-refractivity contribution >= 4 is 21.8 Å². The summed E-state index contributed by atoms with van der Waals surface area (Å²) in [6.45, 7) is 11.6. The third-order valence-corrected chi connectivity index (χ3v) is 7.59. The summed E-state index contributed by atoms with van der Waals surface area (Å²) in [5.41, 5.74) is 3.52. The van der Waals surface area contributed by atoms with Crippen molar-refractivity contribution in [3.63, 3.8) is 0 Å². The van der Waals surface area contributed by atoms with Gasteiger partial charge in [0.25, 0.3) is 0 Å². The van der Waals surface area contributed by atoms with E-state index in [0.717, 1.165) is 22.3 Å². The van der Waals surface area contributed by atoms with Gasteiger partial charge in [0.1, 0.15) is 0 Å². The summed E-state index contributed by atoms with van der Waals surface area (Å²) >= 11 is 0. The molecule has 1 fully saturated rings. The molecule has 9 heteroatoms. The third-order valence-electron chi connectivity index (χ3n) is 5.41. The number of carbonyl (C=O) groups excluding carboxylic acids is 2. The lowest BCUT2D eigenvalue weighted by Crippen LogP contribution is -2.51. The van der Waals surface area contributed by atoms with Gasteiger partial charge in [0.2, 0.25) is 21.8 Å². The van der Waals surface area contributed by atoms with Crippen LogP contribution in [0, 0.1) is 27.7 Å². The molecule has 0 unspecified atom stereocenters. The molecule has 0 aromatic heterocycles. The van der Waals surface area contributed by atoms with Crippen LogP contribution in [0.5, 0.6) is 0 Å². The Hall–Kier alpha value is -1.97. The fourth-order valence-electron chi connectivity index (χ4n) is 3.52. The molecule has 2 N–H and O–H groups in total. The second-order valence-corrected chi connectivity index (χ2v) is 9.37. The molecule has 1 aromatic rings. The molecule has 0 atom stereocenters. The van der Waals surface area contributed by atoms with Crippen LogP contribution in [0.1, 0.15) is 29.2 Å². The summed E-state index contributed by atoms with van der Waals surface area (Å²) in [5.74, 6) is -0.468. The zero-order valence-electron chi connectivity index (χ0n) is 18.0. The molecule has 1 aliphatic heterocycles. The van der Waals surface area contributed by atoms with E-state index in [0.29, 0.717) is 37.6 Å². The van der Waals surface area contributed by atoms with Gasteiger partial charge in [-0.1, -0.05) is 6.07 Å². The van der Waals surface area contributed by atoms with Gasteiger partial charge in [-0.05, 0) is 56.9 Å². The van der Waals surface area contributed by atoms with Crippen LogP contribution in [0.4, 0.5) is 0 Å². The lowest BCUT2D eigenvalue weighted by atomic mass is 10.0. The van der Waals surface area contributed by atoms with Crippen LogP contribution >= 0.6 is 0 Å². The molecular formula is C20H32N4O4S. The fraction of sp³-hybridized carbons (Fsp3) is 0.600. The van der Waals surface area contributed by atoms with E-state index >= 15 is 0 Å². The van der Waals surface area contributed by atoms with Gasteiger partial charge in [-0.25, -0.2) is 8.42 Å². The predicted molar refractivity (Wildman–Crippen MR) is 112 cm³/mol. The van der Waals surface area contributed by atoms with E-state index in [4.69, 9.17) is 0 Å². The highest BCUT2D eigenvalue weighted by Crippen LogP contribution is 2.29. The van der Waals surface area contributed by atoms with Gasteiger partial charge in [0.15, 0.2) is 0 Å². The van der Waals surface area contributed by atoms with Crippen molar-refractivity contribution in [2.45, 2.75) is 39.5 Å². The topological polar surface area (TPSA) is 98.8 Å². The summed E-state index contributed by atoms with van der Waals surface area (Å²) < 4.78 is 28.1. The Bertz CT molecular complexity index is 849. The van der Waals surface area contributed by atoms with Gasteiger partial charge in [-0.2, -0.15) is 4.31 Å². The molecule has 2 rings (SSSR count). The lowest BCUT2D eigenvalue weighted by Gasteiger charge is -2.34. The number of carbonyl (C=O) groups is 2. The highest BCUT2D eigenvalue weighted by molar-refractivity contribution is 7.89. The van der Waals surface area contributed by atoms with Crippen LogP contribution in [0.3, 0.4) is 0 Å². The molecule has 1 saturated heterocycles. The highest BCUT2D eigenvalue weighted by Gasteiger charge is 2.32. The summed E-state index contributed by atoms with van der Waals surface area (Å²) in [5, 5.41) is 5.20. The number of nitrogens with zero attached hydrogens (tertiary/aromatic N) is 2. The van der Waals surface area contributed by atoms with Crippen molar-refractivity contribution in [3.8, 4) is 0 Å². The Morgan fingerprint density at radius 1 is 0.931 bits per heavy atom. The molecule has 1 aliphatic rings. The van der Waals surface area contributed by atoms with Gasteiger partial charge in [0, 0.05) is 32.7 Å². The largest absolute Gasteiger partial charge is 0.355 e. The van der Waals surface area contributed by atoms with Crippen LogP contribution in [-0.4, -0.2) is 75.3 Å². The molecule has 1 heterocycles. The minimum Gasteiger partial charge on any atom is -0.355 e.